The minimum atomic E-state index is -0.830. The van der Waals surface area contributed by atoms with E-state index in [-0.39, 0.29) is 41.6 Å². The zero-order valence-electron chi connectivity index (χ0n) is 15.8. The molecule has 8 nitrogen and oxygen atoms in total. The molecule has 0 bridgehead atoms. The fraction of sp³-hybridized carbons (Fsp3) is 0.250. The van der Waals surface area contributed by atoms with Gasteiger partial charge in [-0.2, -0.15) is 0 Å². The first-order valence-electron chi connectivity index (χ1n) is 8.90. The summed E-state index contributed by atoms with van der Waals surface area (Å²) in [6.07, 6.45) is 0. The first kappa shape index (κ1) is 20.1. The number of amides is 2. The number of ether oxygens (including phenoxy) is 2. The van der Waals surface area contributed by atoms with Crippen molar-refractivity contribution in [3.63, 3.8) is 0 Å². The quantitative estimate of drug-likeness (QED) is 0.720. The molecular weight excluding hydrogens is 383 g/mol. The Morgan fingerprint density at radius 3 is 2.62 bits per heavy atom. The summed E-state index contributed by atoms with van der Waals surface area (Å²) >= 11 is 0. The van der Waals surface area contributed by atoms with Crippen molar-refractivity contribution in [2.75, 3.05) is 13.2 Å². The van der Waals surface area contributed by atoms with Gasteiger partial charge in [0.05, 0.1) is 29.5 Å². The molecule has 29 heavy (non-hydrogen) atoms. The van der Waals surface area contributed by atoms with Crippen LogP contribution in [0.4, 0.5) is 9.18 Å². The normalized spacial score (nSPS) is 16.1. The number of rotatable bonds is 6. The number of esters is 2. The van der Waals surface area contributed by atoms with E-state index >= 15 is 0 Å². The maximum Gasteiger partial charge on any atom is 0.374 e. The third kappa shape index (κ3) is 4.45. The predicted molar refractivity (Wildman–Crippen MR) is 99.2 cm³/mol. The number of hydrogen-bond donors (Lipinski definition) is 2. The van der Waals surface area contributed by atoms with E-state index in [2.05, 4.69) is 10.6 Å². The van der Waals surface area contributed by atoms with Gasteiger partial charge in [0, 0.05) is 0 Å². The maximum absolute atomic E-state index is 13.9. The lowest BCUT2D eigenvalue weighted by Crippen LogP contribution is -2.50. The van der Waals surface area contributed by atoms with Gasteiger partial charge in [-0.05, 0) is 38.1 Å². The van der Waals surface area contributed by atoms with Gasteiger partial charge in [-0.3, -0.25) is 0 Å². The van der Waals surface area contributed by atoms with Gasteiger partial charge in [0.15, 0.2) is 0 Å². The largest absolute Gasteiger partial charge is 0.463 e. The second-order valence-electron chi connectivity index (χ2n) is 6.15. The van der Waals surface area contributed by atoms with E-state index in [0.29, 0.717) is 0 Å². The van der Waals surface area contributed by atoms with E-state index in [0.717, 1.165) is 0 Å². The van der Waals surface area contributed by atoms with E-state index in [1.165, 1.54) is 24.3 Å². The lowest BCUT2D eigenvalue weighted by atomic mass is 10.0. The summed E-state index contributed by atoms with van der Waals surface area (Å²) < 4.78 is 29.4. The highest BCUT2D eigenvalue weighted by molar-refractivity contribution is 5.95. The second-order valence-corrected chi connectivity index (χ2v) is 6.15. The van der Waals surface area contributed by atoms with E-state index in [1.807, 2.05) is 0 Å². The van der Waals surface area contributed by atoms with Crippen LogP contribution < -0.4 is 10.6 Å². The van der Waals surface area contributed by atoms with Crippen LogP contribution >= 0.6 is 0 Å². The fourth-order valence-corrected chi connectivity index (χ4v) is 2.86. The zero-order chi connectivity index (χ0) is 21.0. The third-order valence-electron chi connectivity index (χ3n) is 4.16. The molecule has 0 spiro atoms. The van der Waals surface area contributed by atoms with Gasteiger partial charge in [0.25, 0.3) is 0 Å². The molecule has 0 unspecified atom stereocenters. The molecule has 1 aliphatic heterocycles. The van der Waals surface area contributed by atoms with Gasteiger partial charge in [-0.1, -0.05) is 12.1 Å². The van der Waals surface area contributed by atoms with Crippen molar-refractivity contribution in [1.82, 2.24) is 10.6 Å². The number of benzene rings is 1. The molecule has 0 saturated carbocycles. The third-order valence-corrected chi connectivity index (χ3v) is 4.16. The average Bonchev–Trinajstić information content (AvgIpc) is 3.16. The molecule has 2 amide bonds. The standard InChI is InChI=1S/C20H19FN2O6/c1-3-27-19(25)17-11(2)22-20(26)23-14(17)10-28-18(24)16-9-8-15(29-16)12-6-4-5-7-13(12)21/h4-9,11H,3,10H2,1-2H3,(H2,22,23,26)/t11-/m1/s1. The maximum atomic E-state index is 13.9. The number of hydrogen-bond acceptors (Lipinski definition) is 6. The summed E-state index contributed by atoms with van der Waals surface area (Å²) in [6, 6.07) is 7.64. The lowest BCUT2D eigenvalue weighted by molar-refractivity contribution is -0.139. The molecule has 9 heteroatoms. The van der Waals surface area contributed by atoms with Crippen LogP contribution in [-0.2, 0) is 14.3 Å². The molecule has 0 saturated heterocycles. The molecule has 3 rings (SSSR count). The van der Waals surface area contributed by atoms with E-state index in [1.54, 1.807) is 26.0 Å². The number of urea groups is 1. The Balaban J connectivity index is 1.75. The van der Waals surface area contributed by atoms with Crippen LogP contribution in [0.1, 0.15) is 24.4 Å². The number of furan rings is 1. The van der Waals surface area contributed by atoms with Crippen LogP contribution in [-0.4, -0.2) is 37.2 Å². The Morgan fingerprint density at radius 1 is 1.14 bits per heavy atom. The van der Waals surface area contributed by atoms with Crippen LogP contribution in [0.25, 0.3) is 11.3 Å². The molecule has 1 aromatic heterocycles. The Labute approximate surface area is 165 Å². The van der Waals surface area contributed by atoms with E-state index < -0.39 is 29.8 Å². The minimum Gasteiger partial charge on any atom is -0.463 e. The van der Waals surface area contributed by atoms with Crippen LogP contribution in [0.5, 0.6) is 0 Å². The molecule has 2 aromatic rings. The summed E-state index contributed by atoms with van der Waals surface area (Å²) in [7, 11) is 0. The van der Waals surface area contributed by atoms with Crippen LogP contribution in [0.3, 0.4) is 0 Å². The first-order chi connectivity index (χ1) is 13.9. The topological polar surface area (TPSA) is 107 Å². The number of halogens is 1. The molecule has 2 N–H and O–H groups in total. The monoisotopic (exact) mass is 402 g/mol. The zero-order valence-corrected chi connectivity index (χ0v) is 15.8. The predicted octanol–water partition coefficient (Wildman–Crippen LogP) is 2.76. The molecule has 0 fully saturated rings. The molecule has 1 atom stereocenters. The lowest BCUT2D eigenvalue weighted by Gasteiger charge is -2.26. The van der Waals surface area contributed by atoms with Gasteiger partial charge < -0.3 is 24.5 Å². The van der Waals surface area contributed by atoms with Gasteiger partial charge >= 0.3 is 18.0 Å². The van der Waals surface area contributed by atoms with Crippen molar-refractivity contribution >= 4 is 18.0 Å². The Morgan fingerprint density at radius 2 is 1.90 bits per heavy atom. The Bertz CT molecular complexity index is 981. The van der Waals surface area contributed by atoms with Crippen molar-refractivity contribution in [3.05, 3.63) is 59.2 Å². The molecular formula is C20H19FN2O6. The van der Waals surface area contributed by atoms with Crippen LogP contribution in [0.15, 0.2) is 52.1 Å². The van der Waals surface area contributed by atoms with Crippen molar-refractivity contribution in [2.24, 2.45) is 0 Å². The average molecular weight is 402 g/mol. The van der Waals surface area contributed by atoms with Gasteiger partial charge in [0.1, 0.15) is 18.2 Å². The van der Waals surface area contributed by atoms with Crippen molar-refractivity contribution in [1.29, 1.82) is 0 Å². The molecule has 1 aliphatic rings. The van der Waals surface area contributed by atoms with Crippen molar-refractivity contribution in [3.8, 4) is 11.3 Å². The Hall–Kier alpha value is -3.62. The van der Waals surface area contributed by atoms with Gasteiger partial charge in [0.2, 0.25) is 5.76 Å². The van der Waals surface area contributed by atoms with E-state index in [4.69, 9.17) is 13.9 Å². The summed E-state index contributed by atoms with van der Waals surface area (Å²) in [5.74, 6) is -1.92. The molecule has 2 heterocycles. The SMILES string of the molecule is CCOC(=O)C1=C(COC(=O)c2ccc(-c3ccccc3F)o2)NC(=O)N[C@@H]1C. The highest BCUT2D eigenvalue weighted by atomic mass is 19.1. The smallest absolute Gasteiger partial charge is 0.374 e. The minimum absolute atomic E-state index is 0.119. The fourth-order valence-electron chi connectivity index (χ4n) is 2.86. The van der Waals surface area contributed by atoms with E-state index in [9.17, 15) is 18.8 Å². The van der Waals surface area contributed by atoms with Crippen molar-refractivity contribution < 1.29 is 32.7 Å². The first-order valence-corrected chi connectivity index (χ1v) is 8.90. The second kappa shape index (κ2) is 8.59. The molecule has 152 valence electrons. The van der Waals surface area contributed by atoms with Gasteiger partial charge in [-0.25, -0.2) is 18.8 Å². The summed E-state index contributed by atoms with van der Waals surface area (Å²) in [4.78, 5) is 36.2. The number of carbonyl (C=O) groups is 3. The highest BCUT2D eigenvalue weighted by Gasteiger charge is 2.30. The summed E-state index contributed by atoms with van der Waals surface area (Å²) in [5.41, 5.74) is 0.484. The molecule has 1 aromatic carbocycles. The van der Waals surface area contributed by atoms with Crippen LogP contribution in [0, 0.1) is 5.82 Å². The number of carbonyl (C=O) groups excluding carboxylic acids is 3. The van der Waals surface area contributed by atoms with Crippen LogP contribution in [0.2, 0.25) is 0 Å². The Kier molecular flexibility index (Phi) is 5.96. The summed E-state index contributed by atoms with van der Waals surface area (Å²) in [5, 5.41) is 4.99. The summed E-state index contributed by atoms with van der Waals surface area (Å²) in [6.45, 7) is 3.05. The molecule has 0 aliphatic carbocycles. The van der Waals surface area contributed by atoms with Crippen molar-refractivity contribution in [2.45, 2.75) is 19.9 Å². The highest BCUT2D eigenvalue weighted by Crippen LogP contribution is 2.25. The van der Waals surface area contributed by atoms with Gasteiger partial charge in [-0.15, -0.1) is 0 Å². The number of nitrogens with one attached hydrogen (secondary N) is 2. The molecule has 0 radical (unpaired) electrons.